The molecule has 0 bridgehead atoms. The van der Waals surface area contributed by atoms with Crippen molar-refractivity contribution in [2.45, 2.75) is 25.8 Å². The molecule has 0 aliphatic carbocycles. The Kier molecular flexibility index (Phi) is 4.63. The Balaban J connectivity index is 1.79. The van der Waals surface area contributed by atoms with Crippen LogP contribution >= 0.6 is 0 Å². The normalized spacial score (nSPS) is 12.8. The van der Waals surface area contributed by atoms with Gasteiger partial charge in [-0.2, -0.15) is 0 Å². The predicted octanol–water partition coefficient (Wildman–Crippen LogP) is 3.49. The van der Waals surface area contributed by atoms with Gasteiger partial charge >= 0.3 is 0 Å². The van der Waals surface area contributed by atoms with Crippen molar-refractivity contribution >= 4 is 5.69 Å². The highest BCUT2D eigenvalue weighted by atomic mass is 16.3. The van der Waals surface area contributed by atoms with E-state index in [1.807, 2.05) is 24.3 Å². The Morgan fingerprint density at radius 2 is 1.95 bits per heavy atom. The number of benzene rings is 1. The highest BCUT2D eigenvalue weighted by molar-refractivity contribution is 5.40. The fourth-order valence-corrected chi connectivity index (χ4v) is 2.15. The van der Waals surface area contributed by atoms with Gasteiger partial charge in [0.25, 0.3) is 0 Å². The van der Waals surface area contributed by atoms with E-state index in [0.717, 1.165) is 31.0 Å². The van der Waals surface area contributed by atoms with Gasteiger partial charge in [0.2, 0.25) is 0 Å². The summed E-state index contributed by atoms with van der Waals surface area (Å²) in [6.07, 6.45) is 2.85. The molecule has 0 fully saturated rings. The average molecular weight is 258 g/mol. The van der Waals surface area contributed by atoms with Crippen LogP contribution in [0.5, 0.6) is 0 Å². The number of nitrogens with zero attached hydrogens (tertiary/aromatic N) is 1. The van der Waals surface area contributed by atoms with Gasteiger partial charge in [-0.15, -0.1) is 0 Å². The summed E-state index contributed by atoms with van der Waals surface area (Å²) in [6.45, 7) is 4.17. The Labute approximate surface area is 115 Å². The van der Waals surface area contributed by atoms with E-state index >= 15 is 0 Å². The monoisotopic (exact) mass is 258 g/mol. The van der Waals surface area contributed by atoms with Crippen LogP contribution in [0.1, 0.15) is 30.6 Å². The van der Waals surface area contributed by atoms with Crippen LogP contribution in [0, 0.1) is 0 Å². The third kappa shape index (κ3) is 4.14. The Morgan fingerprint density at radius 1 is 1.21 bits per heavy atom. The third-order valence-electron chi connectivity index (χ3n) is 3.46. The molecular weight excluding hydrogens is 236 g/mol. The predicted molar refractivity (Wildman–Crippen MR) is 78.9 cm³/mol. The van der Waals surface area contributed by atoms with Crippen molar-refractivity contribution in [1.29, 1.82) is 0 Å². The fourth-order valence-electron chi connectivity index (χ4n) is 2.15. The van der Waals surface area contributed by atoms with Crippen molar-refractivity contribution in [3.63, 3.8) is 0 Å². The number of hydrogen-bond donors (Lipinski definition) is 1. The Hall–Kier alpha value is -1.74. The second-order valence-corrected chi connectivity index (χ2v) is 5.17. The molecule has 0 saturated heterocycles. The molecule has 0 spiro atoms. The molecule has 0 radical (unpaired) electrons. The van der Waals surface area contributed by atoms with Crippen molar-refractivity contribution < 1.29 is 4.42 Å². The summed E-state index contributed by atoms with van der Waals surface area (Å²) in [7, 11) is 2.12. The van der Waals surface area contributed by atoms with E-state index < -0.39 is 0 Å². The molecule has 3 heteroatoms. The molecule has 0 saturated carbocycles. The molecule has 2 N–H and O–H groups in total. The molecule has 3 nitrogen and oxygen atoms in total. The van der Waals surface area contributed by atoms with Gasteiger partial charge in [0, 0.05) is 5.69 Å². The minimum absolute atomic E-state index is 0.541. The number of hydrogen-bond acceptors (Lipinski definition) is 3. The van der Waals surface area contributed by atoms with Crippen LogP contribution < -0.4 is 5.73 Å². The van der Waals surface area contributed by atoms with Crippen LogP contribution in [0.4, 0.5) is 5.69 Å². The average Bonchev–Trinajstić information content (AvgIpc) is 2.89. The van der Waals surface area contributed by atoms with Crippen molar-refractivity contribution in [2.24, 2.45) is 0 Å². The second kappa shape index (κ2) is 6.43. The summed E-state index contributed by atoms with van der Waals surface area (Å²) in [5, 5.41) is 0. The lowest BCUT2D eigenvalue weighted by atomic mass is 9.97. The van der Waals surface area contributed by atoms with Gasteiger partial charge in [0.15, 0.2) is 0 Å². The van der Waals surface area contributed by atoms with Gasteiger partial charge < -0.3 is 10.2 Å². The summed E-state index contributed by atoms with van der Waals surface area (Å²) in [4.78, 5) is 2.28. The molecule has 1 atom stereocenters. The summed E-state index contributed by atoms with van der Waals surface area (Å²) in [6, 6.07) is 12.1. The van der Waals surface area contributed by atoms with E-state index in [2.05, 4.69) is 31.0 Å². The first-order chi connectivity index (χ1) is 9.15. The van der Waals surface area contributed by atoms with Gasteiger partial charge in [-0.05, 0) is 55.8 Å². The summed E-state index contributed by atoms with van der Waals surface area (Å²) in [5.74, 6) is 1.56. The van der Waals surface area contributed by atoms with Crippen LogP contribution in [0.25, 0.3) is 0 Å². The first-order valence-electron chi connectivity index (χ1n) is 6.71. The Bertz CT molecular complexity index is 476. The lowest BCUT2D eigenvalue weighted by Crippen LogP contribution is -2.20. The topological polar surface area (TPSA) is 42.4 Å². The van der Waals surface area contributed by atoms with Crippen LogP contribution in [-0.2, 0) is 6.54 Å². The molecule has 0 aliphatic heterocycles. The van der Waals surface area contributed by atoms with Crippen LogP contribution in [0.2, 0.25) is 0 Å². The minimum atomic E-state index is 0.541. The first-order valence-corrected chi connectivity index (χ1v) is 6.71. The van der Waals surface area contributed by atoms with E-state index in [9.17, 15) is 0 Å². The maximum Gasteiger partial charge on any atom is 0.117 e. The van der Waals surface area contributed by atoms with Gasteiger partial charge in [0.05, 0.1) is 12.8 Å². The van der Waals surface area contributed by atoms with Gasteiger partial charge in [0.1, 0.15) is 5.76 Å². The first kappa shape index (κ1) is 13.7. The van der Waals surface area contributed by atoms with Crippen molar-refractivity contribution in [3.05, 3.63) is 54.0 Å². The quantitative estimate of drug-likeness (QED) is 0.806. The molecule has 0 aliphatic rings. The summed E-state index contributed by atoms with van der Waals surface area (Å²) >= 11 is 0. The van der Waals surface area contributed by atoms with Crippen molar-refractivity contribution in [1.82, 2.24) is 4.90 Å². The molecule has 1 unspecified atom stereocenters. The maximum absolute atomic E-state index is 5.71. The largest absolute Gasteiger partial charge is 0.468 e. The lowest BCUT2D eigenvalue weighted by Gasteiger charge is -2.18. The third-order valence-corrected chi connectivity index (χ3v) is 3.46. The fraction of sp³-hybridized carbons (Fsp3) is 0.375. The van der Waals surface area contributed by atoms with Gasteiger partial charge in [-0.25, -0.2) is 0 Å². The molecule has 102 valence electrons. The zero-order valence-electron chi connectivity index (χ0n) is 11.7. The molecule has 1 aromatic heterocycles. The highest BCUT2D eigenvalue weighted by Gasteiger charge is 2.08. The maximum atomic E-state index is 5.71. The highest BCUT2D eigenvalue weighted by Crippen LogP contribution is 2.20. The standard InChI is InChI=1S/C16H22N2O/c1-13(14-5-7-15(17)8-6-14)9-10-18(2)12-16-4-3-11-19-16/h3-8,11,13H,9-10,12,17H2,1-2H3. The number of anilines is 1. The number of furan rings is 1. The van der Waals surface area contributed by atoms with E-state index in [1.165, 1.54) is 5.56 Å². The molecule has 1 aromatic carbocycles. The van der Waals surface area contributed by atoms with Crippen LogP contribution in [0.15, 0.2) is 47.1 Å². The molecule has 1 heterocycles. The number of nitrogens with two attached hydrogens (primary N) is 1. The van der Waals surface area contributed by atoms with Crippen molar-refractivity contribution in [3.8, 4) is 0 Å². The lowest BCUT2D eigenvalue weighted by molar-refractivity contribution is 0.285. The van der Waals surface area contributed by atoms with E-state index in [1.54, 1.807) is 6.26 Å². The van der Waals surface area contributed by atoms with Crippen molar-refractivity contribution in [2.75, 3.05) is 19.3 Å². The zero-order valence-corrected chi connectivity index (χ0v) is 11.7. The SMILES string of the molecule is CC(CCN(C)Cc1ccco1)c1ccc(N)cc1. The summed E-state index contributed by atoms with van der Waals surface area (Å²) < 4.78 is 5.35. The molecule has 19 heavy (non-hydrogen) atoms. The minimum Gasteiger partial charge on any atom is -0.468 e. The zero-order chi connectivity index (χ0) is 13.7. The summed E-state index contributed by atoms with van der Waals surface area (Å²) in [5.41, 5.74) is 7.88. The smallest absolute Gasteiger partial charge is 0.117 e. The number of nitrogen functional groups attached to an aromatic ring is 1. The van der Waals surface area contributed by atoms with E-state index in [-0.39, 0.29) is 0 Å². The van der Waals surface area contributed by atoms with Crippen LogP contribution in [-0.4, -0.2) is 18.5 Å². The second-order valence-electron chi connectivity index (χ2n) is 5.17. The molecule has 2 aromatic rings. The van der Waals surface area contributed by atoms with E-state index in [4.69, 9.17) is 10.2 Å². The van der Waals surface area contributed by atoms with E-state index in [0.29, 0.717) is 5.92 Å². The molecular formula is C16H22N2O. The van der Waals surface area contributed by atoms with Crippen LogP contribution in [0.3, 0.4) is 0 Å². The Morgan fingerprint density at radius 3 is 2.58 bits per heavy atom. The number of rotatable bonds is 6. The molecule has 0 amide bonds. The van der Waals surface area contributed by atoms with Gasteiger partial charge in [-0.1, -0.05) is 19.1 Å². The molecule has 2 rings (SSSR count). The van der Waals surface area contributed by atoms with Gasteiger partial charge in [-0.3, -0.25) is 4.90 Å².